The Labute approximate surface area is 111 Å². The fraction of sp³-hybridized carbons (Fsp3) is 0.182. The van der Waals surface area contributed by atoms with Gasteiger partial charge in [0.1, 0.15) is 4.60 Å². The first-order valence-corrected chi connectivity index (χ1v) is 6.63. The molecule has 0 atom stereocenters. The minimum absolute atomic E-state index is 0.141. The van der Waals surface area contributed by atoms with Crippen molar-refractivity contribution in [3.63, 3.8) is 0 Å². The number of amides is 1. The second-order valence-corrected chi connectivity index (χ2v) is 5.08. The minimum atomic E-state index is -0.141. The number of nitrogens with zero attached hydrogens (tertiary/aromatic N) is 2. The van der Waals surface area contributed by atoms with Gasteiger partial charge in [-0.25, -0.2) is 9.97 Å². The summed E-state index contributed by atoms with van der Waals surface area (Å²) in [5.41, 5.74) is 3.27. The van der Waals surface area contributed by atoms with E-state index in [1.54, 1.807) is 23.8 Å². The second kappa shape index (κ2) is 5.37. The number of hydrogen-bond acceptors (Lipinski definition) is 4. The predicted molar refractivity (Wildman–Crippen MR) is 70.0 cm³/mol. The van der Waals surface area contributed by atoms with E-state index in [4.69, 9.17) is 0 Å². The zero-order chi connectivity index (χ0) is 12.3. The molecule has 0 fully saturated rings. The van der Waals surface area contributed by atoms with E-state index in [0.29, 0.717) is 16.7 Å². The standard InChI is InChI=1S/C11H10BrN3OS/c1-7-9(17-6-15-7)5-14-11(16)8-3-2-4-13-10(8)12/h2-4,6H,5H2,1H3,(H,14,16). The molecule has 0 aromatic carbocycles. The van der Waals surface area contributed by atoms with Crippen molar-refractivity contribution < 1.29 is 4.79 Å². The van der Waals surface area contributed by atoms with Crippen molar-refractivity contribution in [3.05, 3.63) is 44.6 Å². The summed E-state index contributed by atoms with van der Waals surface area (Å²) in [6.07, 6.45) is 1.63. The van der Waals surface area contributed by atoms with Gasteiger partial charge in [0.2, 0.25) is 0 Å². The predicted octanol–water partition coefficient (Wildman–Crippen LogP) is 2.54. The van der Waals surface area contributed by atoms with Gasteiger partial charge in [0.25, 0.3) is 5.91 Å². The number of carbonyl (C=O) groups excluding carboxylic acids is 1. The number of aromatic nitrogens is 2. The number of nitrogens with one attached hydrogen (secondary N) is 1. The van der Waals surface area contributed by atoms with E-state index in [9.17, 15) is 4.79 Å². The van der Waals surface area contributed by atoms with Crippen LogP contribution in [0.3, 0.4) is 0 Å². The van der Waals surface area contributed by atoms with Gasteiger partial charge >= 0.3 is 0 Å². The van der Waals surface area contributed by atoms with E-state index in [0.717, 1.165) is 10.6 Å². The Morgan fingerprint density at radius 1 is 1.53 bits per heavy atom. The van der Waals surface area contributed by atoms with Gasteiger partial charge in [-0.2, -0.15) is 0 Å². The number of aryl methyl sites for hydroxylation is 1. The number of carbonyl (C=O) groups is 1. The average Bonchev–Trinajstić information content (AvgIpc) is 2.72. The van der Waals surface area contributed by atoms with Gasteiger partial charge in [0.15, 0.2) is 0 Å². The smallest absolute Gasteiger partial charge is 0.254 e. The van der Waals surface area contributed by atoms with Gasteiger partial charge in [0.05, 0.1) is 23.3 Å². The lowest BCUT2D eigenvalue weighted by atomic mass is 10.2. The number of halogens is 1. The van der Waals surface area contributed by atoms with Crippen molar-refractivity contribution in [1.29, 1.82) is 0 Å². The van der Waals surface area contributed by atoms with E-state index < -0.39 is 0 Å². The van der Waals surface area contributed by atoms with Crippen LogP contribution >= 0.6 is 27.3 Å². The fourth-order valence-corrected chi connectivity index (χ4v) is 2.45. The van der Waals surface area contributed by atoms with Gasteiger partial charge in [0, 0.05) is 11.1 Å². The molecule has 2 aromatic rings. The average molecular weight is 312 g/mol. The molecule has 2 heterocycles. The Bertz CT molecular complexity index is 541. The molecule has 0 unspecified atom stereocenters. The Morgan fingerprint density at radius 3 is 3.00 bits per heavy atom. The first-order valence-electron chi connectivity index (χ1n) is 4.96. The summed E-state index contributed by atoms with van der Waals surface area (Å²) in [5.74, 6) is -0.141. The first-order chi connectivity index (χ1) is 8.18. The SMILES string of the molecule is Cc1ncsc1CNC(=O)c1cccnc1Br. The first kappa shape index (κ1) is 12.2. The molecule has 0 aliphatic rings. The van der Waals surface area contributed by atoms with Crippen molar-refractivity contribution in [3.8, 4) is 0 Å². The molecular formula is C11H10BrN3OS. The summed E-state index contributed by atoms with van der Waals surface area (Å²) in [6, 6.07) is 3.46. The monoisotopic (exact) mass is 311 g/mol. The molecule has 0 saturated carbocycles. The van der Waals surface area contributed by atoms with Crippen molar-refractivity contribution in [2.75, 3.05) is 0 Å². The van der Waals surface area contributed by atoms with Crippen molar-refractivity contribution in [2.24, 2.45) is 0 Å². The summed E-state index contributed by atoms with van der Waals surface area (Å²) in [7, 11) is 0. The summed E-state index contributed by atoms with van der Waals surface area (Å²) in [5, 5.41) is 2.84. The van der Waals surface area contributed by atoms with Crippen LogP contribution < -0.4 is 5.32 Å². The molecular weight excluding hydrogens is 302 g/mol. The molecule has 88 valence electrons. The van der Waals surface area contributed by atoms with Crippen LogP contribution in [-0.2, 0) is 6.54 Å². The molecule has 2 rings (SSSR count). The van der Waals surface area contributed by atoms with Gasteiger partial charge in [-0.15, -0.1) is 11.3 Å². The van der Waals surface area contributed by atoms with E-state index in [1.807, 2.05) is 6.92 Å². The Hall–Kier alpha value is -1.27. The van der Waals surface area contributed by atoms with E-state index in [-0.39, 0.29) is 5.91 Å². The van der Waals surface area contributed by atoms with Crippen LogP contribution in [0.5, 0.6) is 0 Å². The number of rotatable bonds is 3. The zero-order valence-corrected chi connectivity index (χ0v) is 11.5. The highest BCUT2D eigenvalue weighted by Crippen LogP contribution is 2.14. The number of pyridine rings is 1. The van der Waals surface area contributed by atoms with Crippen LogP contribution in [0.4, 0.5) is 0 Å². The summed E-state index contributed by atoms with van der Waals surface area (Å²) < 4.78 is 0.554. The topological polar surface area (TPSA) is 54.9 Å². The zero-order valence-electron chi connectivity index (χ0n) is 9.11. The molecule has 1 N–H and O–H groups in total. The fourth-order valence-electron chi connectivity index (χ4n) is 1.31. The maximum atomic E-state index is 11.9. The highest BCUT2D eigenvalue weighted by molar-refractivity contribution is 9.10. The summed E-state index contributed by atoms with van der Waals surface area (Å²) in [6.45, 7) is 2.43. The van der Waals surface area contributed by atoms with Gasteiger partial charge in [-0.3, -0.25) is 4.79 Å². The van der Waals surface area contributed by atoms with E-state index in [2.05, 4.69) is 31.2 Å². The molecule has 2 aromatic heterocycles. The lowest BCUT2D eigenvalue weighted by Crippen LogP contribution is -2.23. The van der Waals surface area contributed by atoms with Crippen LogP contribution in [0.2, 0.25) is 0 Å². The van der Waals surface area contributed by atoms with Crippen molar-refractivity contribution in [1.82, 2.24) is 15.3 Å². The van der Waals surface area contributed by atoms with Gasteiger partial charge in [-0.1, -0.05) is 0 Å². The lowest BCUT2D eigenvalue weighted by Gasteiger charge is -2.05. The highest BCUT2D eigenvalue weighted by atomic mass is 79.9. The Balaban J connectivity index is 2.04. The number of thiazole rings is 1. The summed E-state index contributed by atoms with van der Waals surface area (Å²) in [4.78, 5) is 21.1. The number of hydrogen-bond donors (Lipinski definition) is 1. The van der Waals surface area contributed by atoms with Crippen LogP contribution in [0.25, 0.3) is 0 Å². The highest BCUT2D eigenvalue weighted by Gasteiger charge is 2.10. The normalized spacial score (nSPS) is 10.2. The molecule has 0 bridgehead atoms. The quantitative estimate of drug-likeness (QED) is 0.886. The molecule has 0 spiro atoms. The molecule has 0 radical (unpaired) electrons. The molecule has 0 saturated heterocycles. The van der Waals surface area contributed by atoms with Gasteiger partial charge < -0.3 is 5.32 Å². The third-order valence-electron chi connectivity index (χ3n) is 2.26. The summed E-state index contributed by atoms with van der Waals surface area (Å²) >= 11 is 4.79. The maximum absolute atomic E-state index is 11.9. The third kappa shape index (κ3) is 2.89. The minimum Gasteiger partial charge on any atom is -0.347 e. The van der Waals surface area contributed by atoms with E-state index in [1.165, 1.54) is 11.3 Å². The van der Waals surface area contributed by atoms with Crippen LogP contribution in [0.1, 0.15) is 20.9 Å². The molecule has 1 amide bonds. The van der Waals surface area contributed by atoms with Crippen LogP contribution in [-0.4, -0.2) is 15.9 Å². The third-order valence-corrected chi connectivity index (χ3v) is 3.83. The van der Waals surface area contributed by atoms with E-state index >= 15 is 0 Å². The van der Waals surface area contributed by atoms with Crippen molar-refractivity contribution in [2.45, 2.75) is 13.5 Å². The Kier molecular flexibility index (Phi) is 3.86. The molecule has 4 nitrogen and oxygen atoms in total. The molecule has 17 heavy (non-hydrogen) atoms. The van der Waals surface area contributed by atoms with Gasteiger partial charge in [-0.05, 0) is 35.0 Å². The molecule has 6 heteroatoms. The second-order valence-electron chi connectivity index (χ2n) is 3.39. The largest absolute Gasteiger partial charge is 0.347 e. The maximum Gasteiger partial charge on any atom is 0.254 e. The molecule has 0 aliphatic carbocycles. The van der Waals surface area contributed by atoms with Crippen LogP contribution in [0, 0.1) is 6.92 Å². The molecule has 0 aliphatic heterocycles. The Morgan fingerprint density at radius 2 is 2.35 bits per heavy atom. The lowest BCUT2D eigenvalue weighted by molar-refractivity contribution is 0.0950. The van der Waals surface area contributed by atoms with Crippen molar-refractivity contribution >= 4 is 33.2 Å². The van der Waals surface area contributed by atoms with Crippen LogP contribution in [0.15, 0.2) is 28.4 Å².